The molecule has 1 atom stereocenters. The second-order valence-corrected chi connectivity index (χ2v) is 4.87. The van der Waals surface area contributed by atoms with Crippen molar-refractivity contribution in [3.8, 4) is 5.88 Å². The highest BCUT2D eigenvalue weighted by Gasteiger charge is 2.25. The van der Waals surface area contributed by atoms with Gasteiger partial charge in [-0.2, -0.15) is 0 Å². The Kier molecular flexibility index (Phi) is 3.36. The summed E-state index contributed by atoms with van der Waals surface area (Å²) in [6, 6.07) is 14.8. The Labute approximate surface area is 113 Å². The molecular formula is C16H18N2O. The van der Waals surface area contributed by atoms with E-state index < -0.39 is 0 Å². The standard InChI is InChI=1S/C16H18N2O/c1-19-16-15(8-5-10-17-16)18-11-9-14(12-18)13-6-3-2-4-7-13/h2-8,10,14H,9,11-12H2,1H3. The fraction of sp³-hybridized carbons (Fsp3) is 0.312. The number of nitrogens with zero attached hydrogens (tertiary/aromatic N) is 2. The van der Waals surface area contributed by atoms with E-state index >= 15 is 0 Å². The molecule has 2 heterocycles. The van der Waals surface area contributed by atoms with Gasteiger partial charge in [-0.3, -0.25) is 0 Å². The highest BCUT2D eigenvalue weighted by molar-refractivity contribution is 5.56. The van der Waals surface area contributed by atoms with Crippen LogP contribution in [0, 0.1) is 0 Å². The normalized spacial score (nSPS) is 18.6. The van der Waals surface area contributed by atoms with Gasteiger partial charge in [0.15, 0.2) is 0 Å². The maximum absolute atomic E-state index is 5.35. The largest absolute Gasteiger partial charge is 0.480 e. The summed E-state index contributed by atoms with van der Waals surface area (Å²) in [7, 11) is 1.68. The van der Waals surface area contributed by atoms with Crippen LogP contribution in [-0.4, -0.2) is 25.2 Å². The minimum absolute atomic E-state index is 0.603. The van der Waals surface area contributed by atoms with Gasteiger partial charge in [0.05, 0.1) is 12.8 Å². The molecule has 3 heteroatoms. The fourth-order valence-corrected chi connectivity index (χ4v) is 2.76. The van der Waals surface area contributed by atoms with E-state index in [-0.39, 0.29) is 0 Å². The van der Waals surface area contributed by atoms with Crippen molar-refractivity contribution < 1.29 is 4.74 Å². The van der Waals surface area contributed by atoms with Crippen LogP contribution in [0.5, 0.6) is 5.88 Å². The summed E-state index contributed by atoms with van der Waals surface area (Å²) in [6.07, 6.45) is 2.95. The van der Waals surface area contributed by atoms with Gasteiger partial charge < -0.3 is 9.64 Å². The van der Waals surface area contributed by atoms with Crippen molar-refractivity contribution in [3.05, 3.63) is 54.2 Å². The molecule has 0 N–H and O–H groups in total. The molecule has 3 rings (SSSR count). The van der Waals surface area contributed by atoms with E-state index in [4.69, 9.17) is 4.74 Å². The molecule has 1 aromatic heterocycles. The minimum atomic E-state index is 0.603. The third-order valence-electron chi connectivity index (χ3n) is 3.74. The van der Waals surface area contributed by atoms with Gasteiger partial charge in [0.25, 0.3) is 0 Å². The summed E-state index contributed by atoms with van der Waals surface area (Å²) >= 11 is 0. The average molecular weight is 254 g/mol. The second-order valence-electron chi connectivity index (χ2n) is 4.87. The SMILES string of the molecule is COc1ncccc1N1CCC(c2ccccc2)C1. The van der Waals surface area contributed by atoms with Gasteiger partial charge in [-0.15, -0.1) is 0 Å². The summed E-state index contributed by atoms with van der Waals surface area (Å²) < 4.78 is 5.35. The topological polar surface area (TPSA) is 25.4 Å². The summed E-state index contributed by atoms with van der Waals surface area (Å²) in [6.45, 7) is 2.09. The molecule has 19 heavy (non-hydrogen) atoms. The number of methoxy groups -OCH3 is 1. The van der Waals surface area contributed by atoms with Crippen molar-refractivity contribution in [3.63, 3.8) is 0 Å². The van der Waals surface area contributed by atoms with Gasteiger partial charge in [0, 0.05) is 25.2 Å². The van der Waals surface area contributed by atoms with E-state index in [1.165, 1.54) is 12.0 Å². The van der Waals surface area contributed by atoms with Crippen molar-refractivity contribution in [2.75, 3.05) is 25.1 Å². The number of benzene rings is 1. The molecule has 0 radical (unpaired) electrons. The first-order valence-corrected chi connectivity index (χ1v) is 6.67. The number of aromatic nitrogens is 1. The number of pyridine rings is 1. The van der Waals surface area contributed by atoms with Crippen LogP contribution in [0.4, 0.5) is 5.69 Å². The summed E-state index contributed by atoms with van der Waals surface area (Å²) in [5.74, 6) is 1.32. The third-order valence-corrected chi connectivity index (χ3v) is 3.74. The molecule has 1 aliphatic rings. The zero-order chi connectivity index (χ0) is 13.1. The Morgan fingerprint density at radius 3 is 2.79 bits per heavy atom. The van der Waals surface area contributed by atoms with Gasteiger partial charge in [0.2, 0.25) is 5.88 Å². The lowest BCUT2D eigenvalue weighted by molar-refractivity contribution is 0.398. The van der Waals surface area contributed by atoms with Crippen LogP contribution in [-0.2, 0) is 0 Å². The van der Waals surface area contributed by atoms with Crippen LogP contribution in [0.2, 0.25) is 0 Å². The Bertz CT molecular complexity index is 541. The maximum atomic E-state index is 5.35. The molecule has 0 amide bonds. The fourth-order valence-electron chi connectivity index (χ4n) is 2.76. The van der Waals surface area contributed by atoms with Crippen LogP contribution in [0.3, 0.4) is 0 Å². The van der Waals surface area contributed by atoms with Crippen LogP contribution in [0.1, 0.15) is 17.9 Å². The zero-order valence-electron chi connectivity index (χ0n) is 11.1. The first-order valence-electron chi connectivity index (χ1n) is 6.67. The lowest BCUT2D eigenvalue weighted by Crippen LogP contribution is -2.20. The number of ether oxygens (including phenoxy) is 1. The minimum Gasteiger partial charge on any atom is -0.480 e. The zero-order valence-corrected chi connectivity index (χ0v) is 11.1. The smallest absolute Gasteiger partial charge is 0.237 e. The van der Waals surface area contributed by atoms with Crippen LogP contribution >= 0.6 is 0 Å². The predicted octanol–water partition coefficient (Wildman–Crippen LogP) is 3.08. The monoisotopic (exact) mass is 254 g/mol. The predicted molar refractivity (Wildman–Crippen MR) is 76.8 cm³/mol. The van der Waals surface area contributed by atoms with Crippen LogP contribution in [0.15, 0.2) is 48.7 Å². The van der Waals surface area contributed by atoms with Crippen molar-refractivity contribution in [1.82, 2.24) is 4.98 Å². The van der Waals surface area contributed by atoms with Crippen LogP contribution in [0.25, 0.3) is 0 Å². The molecule has 1 aliphatic heterocycles. The first-order chi connectivity index (χ1) is 9.38. The van der Waals surface area contributed by atoms with Crippen LogP contribution < -0.4 is 9.64 Å². The molecule has 1 fully saturated rings. The molecule has 1 saturated heterocycles. The summed E-state index contributed by atoms with van der Waals surface area (Å²) in [4.78, 5) is 6.64. The Morgan fingerprint density at radius 2 is 2.00 bits per heavy atom. The van der Waals surface area contributed by atoms with Crippen molar-refractivity contribution in [2.24, 2.45) is 0 Å². The molecule has 0 bridgehead atoms. The number of rotatable bonds is 3. The molecule has 1 aromatic carbocycles. The summed E-state index contributed by atoms with van der Waals surface area (Å²) in [5, 5.41) is 0. The molecule has 0 aliphatic carbocycles. The lowest BCUT2D eigenvalue weighted by atomic mass is 9.99. The Morgan fingerprint density at radius 1 is 1.16 bits per heavy atom. The lowest BCUT2D eigenvalue weighted by Gasteiger charge is -2.20. The second kappa shape index (κ2) is 5.31. The molecule has 98 valence electrons. The number of anilines is 1. The van der Waals surface area contributed by atoms with E-state index in [9.17, 15) is 0 Å². The molecule has 1 unspecified atom stereocenters. The van der Waals surface area contributed by atoms with Crippen molar-refractivity contribution >= 4 is 5.69 Å². The molecule has 2 aromatic rings. The summed E-state index contributed by atoms with van der Waals surface area (Å²) in [5.41, 5.74) is 2.52. The quantitative estimate of drug-likeness (QED) is 0.841. The van der Waals surface area contributed by atoms with E-state index in [1.54, 1.807) is 13.3 Å². The van der Waals surface area contributed by atoms with E-state index in [0.29, 0.717) is 5.92 Å². The van der Waals surface area contributed by atoms with Gasteiger partial charge in [0.1, 0.15) is 0 Å². The van der Waals surface area contributed by atoms with Crippen molar-refractivity contribution in [2.45, 2.75) is 12.3 Å². The Balaban J connectivity index is 1.79. The van der Waals surface area contributed by atoms with Gasteiger partial charge in [-0.05, 0) is 24.1 Å². The number of hydrogen-bond acceptors (Lipinski definition) is 3. The molecule has 0 spiro atoms. The third kappa shape index (κ3) is 2.41. The molecular weight excluding hydrogens is 236 g/mol. The number of hydrogen-bond donors (Lipinski definition) is 0. The van der Waals surface area contributed by atoms with E-state index in [0.717, 1.165) is 24.7 Å². The molecule has 0 saturated carbocycles. The van der Waals surface area contributed by atoms with E-state index in [2.05, 4.69) is 46.3 Å². The van der Waals surface area contributed by atoms with Gasteiger partial charge in [-0.1, -0.05) is 30.3 Å². The maximum Gasteiger partial charge on any atom is 0.237 e. The molecule has 3 nitrogen and oxygen atoms in total. The Hall–Kier alpha value is -2.03. The first kappa shape index (κ1) is 12.0. The highest BCUT2D eigenvalue weighted by atomic mass is 16.5. The van der Waals surface area contributed by atoms with Crippen molar-refractivity contribution in [1.29, 1.82) is 0 Å². The average Bonchev–Trinajstić information content (AvgIpc) is 2.98. The van der Waals surface area contributed by atoms with Gasteiger partial charge >= 0.3 is 0 Å². The van der Waals surface area contributed by atoms with E-state index in [1.807, 2.05) is 6.07 Å². The van der Waals surface area contributed by atoms with Gasteiger partial charge in [-0.25, -0.2) is 4.98 Å². The highest BCUT2D eigenvalue weighted by Crippen LogP contribution is 2.34.